The van der Waals surface area contributed by atoms with E-state index < -0.39 is 12.6 Å². The van der Waals surface area contributed by atoms with E-state index in [1.807, 2.05) is 4.90 Å². The summed E-state index contributed by atoms with van der Waals surface area (Å²) >= 11 is 0. The highest BCUT2D eigenvalue weighted by atomic mass is 19.3. The second kappa shape index (κ2) is 6.79. The minimum absolute atomic E-state index is 0.273. The molecule has 24 heavy (non-hydrogen) atoms. The maximum Gasteiger partial charge on any atom is 0.514 e. The first-order valence-corrected chi connectivity index (χ1v) is 7.31. The quantitative estimate of drug-likeness (QED) is 0.684. The second-order valence-electron chi connectivity index (χ2n) is 5.38. The van der Waals surface area contributed by atoms with Crippen molar-refractivity contribution in [1.29, 1.82) is 0 Å². The molecule has 0 aliphatic carbocycles. The van der Waals surface area contributed by atoms with Gasteiger partial charge in [-0.15, -0.1) is 0 Å². The average Bonchev–Trinajstić information content (AvgIpc) is 2.53. The van der Waals surface area contributed by atoms with Crippen LogP contribution < -0.4 is 15.4 Å². The number of carbonyl (C=O) groups is 1. The van der Waals surface area contributed by atoms with Gasteiger partial charge < -0.3 is 20.1 Å². The van der Waals surface area contributed by atoms with Crippen LogP contribution in [-0.4, -0.2) is 30.3 Å². The zero-order valence-corrected chi connectivity index (χ0v) is 12.7. The van der Waals surface area contributed by atoms with Crippen LogP contribution >= 0.6 is 0 Å². The molecule has 0 amide bonds. The van der Waals surface area contributed by atoms with Crippen LogP contribution in [0.25, 0.3) is 0 Å². The van der Waals surface area contributed by atoms with Crippen molar-refractivity contribution in [3.8, 4) is 5.75 Å². The lowest BCUT2D eigenvalue weighted by molar-refractivity contribution is -0.254. The molecule has 0 unspecified atom stereocenters. The van der Waals surface area contributed by atoms with Gasteiger partial charge in [0.2, 0.25) is 0 Å². The predicted molar refractivity (Wildman–Crippen MR) is 81.3 cm³/mol. The standard InChI is InChI=1S/C16H15F2N3O3/c17-15(18)14-7-11(5-6-20-14)21-8-13(9-21)24-16(22)23-12-3-1-10(19)2-4-12/h1-7,13,15H,8-9,19H2/p+1. The van der Waals surface area contributed by atoms with Crippen LogP contribution in [0.2, 0.25) is 0 Å². The van der Waals surface area contributed by atoms with Gasteiger partial charge in [-0.3, -0.25) is 4.98 Å². The summed E-state index contributed by atoms with van der Waals surface area (Å²) in [7, 11) is 0. The molecule has 2 heterocycles. The highest BCUT2D eigenvalue weighted by Crippen LogP contribution is 2.26. The van der Waals surface area contributed by atoms with E-state index in [1.165, 1.54) is 12.3 Å². The van der Waals surface area contributed by atoms with Crippen LogP contribution in [0.15, 0.2) is 42.6 Å². The molecule has 1 fully saturated rings. The van der Waals surface area contributed by atoms with Gasteiger partial charge in [-0.25, -0.2) is 13.6 Å². The summed E-state index contributed by atoms with van der Waals surface area (Å²) < 4.78 is 35.5. The number of alkyl halides is 2. The Kier molecular flexibility index (Phi) is 4.57. The molecule has 3 rings (SSSR count). The molecule has 2 aromatic rings. The lowest BCUT2D eigenvalue weighted by Crippen LogP contribution is -2.53. The summed E-state index contributed by atoms with van der Waals surface area (Å²) in [4.78, 5) is 17.1. The molecule has 0 bridgehead atoms. The number of rotatable bonds is 4. The van der Waals surface area contributed by atoms with Gasteiger partial charge in [-0.1, -0.05) is 0 Å². The van der Waals surface area contributed by atoms with Crippen molar-refractivity contribution in [2.45, 2.75) is 12.5 Å². The predicted octanol–water partition coefficient (Wildman–Crippen LogP) is 2.30. The van der Waals surface area contributed by atoms with Crippen LogP contribution in [0, 0.1) is 0 Å². The Morgan fingerprint density at radius 1 is 1.25 bits per heavy atom. The SMILES string of the molecule is [NH3+]c1ccc(OC(=O)OC2CN(c3ccnc(C(F)F)c3)C2)cc1. The van der Waals surface area contributed by atoms with Crippen molar-refractivity contribution >= 4 is 17.5 Å². The number of aromatic nitrogens is 1. The minimum Gasteiger partial charge on any atom is -0.427 e. The molecule has 1 aromatic carbocycles. The van der Waals surface area contributed by atoms with E-state index in [1.54, 1.807) is 30.3 Å². The van der Waals surface area contributed by atoms with Crippen molar-refractivity contribution < 1.29 is 28.8 Å². The summed E-state index contributed by atoms with van der Waals surface area (Å²) in [6.45, 7) is 0.833. The van der Waals surface area contributed by atoms with Gasteiger partial charge in [-0.05, 0) is 24.3 Å². The molecule has 1 aliphatic rings. The number of pyridine rings is 1. The topological polar surface area (TPSA) is 79.3 Å². The summed E-state index contributed by atoms with van der Waals surface area (Å²) in [5.74, 6) is 0.374. The van der Waals surface area contributed by atoms with E-state index in [0.717, 1.165) is 5.69 Å². The van der Waals surface area contributed by atoms with Crippen molar-refractivity contribution in [2.75, 3.05) is 18.0 Å². The summed E-state index contributed by atoms with van der Waals surface area (Å²) in [6.07, 6.45) is -2.41. The number of hydrogen-bond donors (Lipinski definition) is 1. The smallest absolute Gasteiger partial charge is 0.427 e. The van der Waals surface area contributed by atoms with Gasteiger partial charge in [0.1, 0.15) is 23.2 Å². The normalized spacial score (nSPS) is 14.4. The Morgan fingerprint density at radius 2 is 1.96 bits per heavy atom. The van der Waals surface area contributed by atoms with Crippen LogP contribution in [-0.2, 0) is 4.74 Å². The third kappa shape index (κ3) is 3.77. The largest absolute Gasteiger partial charge is 0.514 e. The third-order valence-electron chi connectivity index (χ3n) is 3.59. The van der Waals surface area contributed by atoms with Crippen molar-refractivity contribution in [3.63, 3.8) is 0 Å². The molecule has 6 nitrogen and oxygen atoms in total. The zero-order valence-electron chi connectivity index (χ0n) is 12.7. The van der Waals surface area contributed by atoms with Gasteiger partial charge >= 0.3 is 6.16 Å². The zero-order chi connectivity index (χ0) is 17.1. The van der Waals surface area contributed by atoms with E-state index in [-0.39, 0.29) is 11.8 Å². The van der Waals surface area contributed by atoms with Gasteiger partial charge in [0, 0.05) is 24.0 Å². The van der Waals surface area contributed by atoms with Crippen molar-refractivity contribution in [1.82, 2.24) is 4.98 Å². The fourth-order valence-corrected chi connectivity index (χ4v) is 2.29. The van der Waals surface area contributed by atoms with E-state index in [2.05, 4.69) is 10.7 Å². The molecular weight excluding hydrogens is 320 g/mol. The molecule has 126 valence electrons. The van der Waals surface area contributed by atoms with Crippen molar-refractivity contribution in [3.05, 3.63) is 48.3 Å². The van der Waals surface area contributed by atoms with Gasteiger partial charge in [-0.2, -0.15) is 0 Å². The number of anilines is 1. The number of nitrogens with zero attached hydrogens (tertiary/aromatic N) is 2. The molecule has 1 aromatic heterocycles. The molecule has 1 saturated heterocycles. The second-order valence-corrected chi connectivity index (χ2v) is 5.38. The molecule has 0 atom stereocenters. The average molecular weight is 336 g/mol. The molecule has 8 heteroatoms. The van der Waals surface area contributed by atoms with Crippen molar-refractivity contribution in [2.24, 2.45) is 0 Å². The fraction of sp³-hybridized carbons (Fsp3) is 0.250. The lowest BCUT2D eigenvalue weighted by atomic mass is 10.1. The van der Waals surface area contributed by atoms with E-state index in [9.17, 15) is 13.6 Å². The van der Waals surface area contributed by atoms with Gasteiger partial charge in [0.05, 0.1) is 13.1 Å². The minimum atomic E-state index is -2.61. The highest BCUT2D eigenvalue weighted by molar-refractivity contribution is 5.65. The number of hydrogen-bond acceptors (Lipinski definition) is 5. The Hall–Kier alpha value is -2.74. The molecule has 1 aliphatic heterocycles. The maximum absolute atomic E-state index is 12.6. The van der Waals surface area contributed by atoms with Crippen LogP contribution in [0.5, 0.6) is 5.75 Å². The molecule has 0 saturated carbocycles. The number of halogens is 2. The molecular formula is C16H16F2N3O3+. The Labute approximate surface area is 136 Å². The van der Waals surface area contributed by atoms with Crippen LogP contribution in [0.4, 0.5) is 25.0 Å². The monoisotopic (exact) mass is 336 g/mol. The Balaban J connectivity index is 1.49. The van der Waals surface area contributed by atoms with E-state index in [0.29, 0.717) is 24.5 Å². The summed E-state index contributed by atoms with van der Waals surface area (Å²) in [6, 6.07) is 9.66. The number of quaternary nitrogens is 1. The number of ether oxygens (including phenoxy) is 2. The number of carbonyl (C=O) groups excluding carboxylic acids is 1. The van der Waals surface area contributed by atoms with E-state index in [4.69, 9.17) is 9.47 Å². The Morgan fingerprint density at radius 3 is 2.62 bits per heavy atom. The molecule has 3 N–H and O–H groups in total. The Bertz CT molecular complexity index is 719. The summed E-state index contributed by atoms with van der Waals surface area (Å²) in [5, 5.41) is 0. The molecule has 0 radical (unpaired) electrons. The van der Waals surface area contributed by atoms with Crippen LogP contribution in [0.1, 0.15) is 12.1 Å². The first kappa shape index (κ1) is 16.1. The van der Waals surface area contributed by atoms with Crippen LogP contribution in [0.3, 0.4) is 0 Å². The third-order valence-corrected chi connectivity index (χ3v) is 3.59. The van der Waals surface area contributed by atoms with Gasteiger partial charge in [0.15, 0.2) is 0 Å². The maximum atomic E-state index is 12.6. The first-order chi connectivity index (χ1) is 11.5. The fourth-order valence-electron chi connectivity index (χ4n) is 2.29. The van der Waals surface area contributed by atoms with E-state index >= 15 is 0 Å². The summed E-state index contributed by atoms with van der Waals surface area (Å²) in [5.41, 5.74) is 4.90. The number of benzene rings is 1. The molecule has 0 spiro atoms. The van der Waals surface area contributed by atoms with Gasteiger partial charge in [0.25, 0.3) is 6.43 Å². The highest BCUT2D eigenvalue weighted by Gasteiger charge is 2.31. The first-order valence-electron chi connectivity index (χ1n) is 7.31. The lowest BCUT2D eigenvalue weighted by Gasteiger charge is -2.39.